The lowest BCUT2D eigenvalue weighted by Crippen LogP contribution is -2.58. The number of benzene rings is 2. The number of rotatable bonds is 14. The van der Waals surface area contributed by atoms with Crippen LogP contribution in [0.4, 0.5) is 5.69 Å². The maximum Gasteiger partial charge on any atom is 0.313 e. The molecule has 0 saturated carbocycles. The van der Waals surface area contributed by atoms with E-state index in [1.54, 1.807) is 35.9 Å². The fourth-order valence-corrected chi connectivity index (χ4v) is 8.12. The summed E-state index contributed by atoms with van der Waals surface area (Å²) in [5.41, 5.74) is 1.93. The third kappa shape index (κ3) is 6.32. The molecule has 3 fully saturated rings. The maximum absolute atomic E-state index is 14.8. The van der Waals surface area contributed by atoms with Gasteiger partial charge in [-0.2, -0.15) is 0 Å². The van der Waals surface area contributed by atoms with E-state index in [1.807, 2.05) is 69.3 Å². The number of anilines is 1. The quantitative estimate of drug-likeness (QED) is 0.229. The Kier molecular flexibility index (Phi) is 10.8. The summed E-state index contributed by atoms with van der Waals surface area (Å²) < 4.78 is 13.0. The van der Waals surface area contributed by atoms with Crippen molar-refractivity contribution < 1.29 is 33.8 Å². The lowest BCUT2D eigenvalue weighted by Gasteiger charge is -2.39. The van der Waals surface area contributed by atoms with E-state index >= 15 is 0 Å². The molecular weight excluding hydrogens is 622 g/mol. The number of likely N-dealkylation sites (N-methyl/N-ethyl adjacent to an activating group) is 1. The van der Waals surface area contributed by atoms with Gasteiger partial charge in [-0.15, -0.1) is 13.2 Å². The summed E-state index contributed by atoms with van der Waals surface area (Å²) in [6.07, 6.45) is 3.54. The monoisotopic (exact) mass is 671 g/mol. The molecule has 5 rings (SSSR count). The summed E-state index contributed by atoms with van der Waals surface area (Å²) in [6.45, 7) is 14.8. The van der Waals surface area contributed by atoms with Crippen LogP contribution in [-0.4, -0.2) is 88.6 Å². The van der Waals surface area contributed by atoms with E-state index in [0.29, 0.717) is 24.8 Å². The number of para-hydroxylation sites is 1. The molecule has 0 aliphatic carbocycles. The van der Waals surface area contributed by atoms with Crippen LogP contribution in [0.15, 0.2) is 73.8 Å². The Morgan fingerprint density at radius 2 is 1.76 bits per heavy atom. The van der Waals surface area contributed by atoms with Gasteiger partial charge < -0.3 is 29.3 Å². The molecule has 0 radical (unpaired) electrons. The normalized spacial score (nSPS) is 25.7. The van der Waals surface area contributed by atoms with Gasteiger partial charge in [-0.05, 0) is 63.6 Å². The Labute approximate surface area is 289 Å². The van der Waals surface area contributed by atoms with Crippen LogP contribution in [0.5, 0.6) is 0 Å². The Hall–Kier alpha value is -4.28. The summed E-state index contributed by atoms with van der Waals surface area (Å²) in [6, 6.07) is 12.7. The number of hydrogen-bond acceptors (Lipinski definition) is 7. The van der Waals surface area contributed by atoms with Crippen LogP contribution < -0.4 is 4.90 Å². The van der Waals surface area contributed by atoms with Crippen molar-refractivity contribution in [2.75, 3.05) is 25.1 Å². The van der Waals surface area contributed by atoms with Gasteiger partial charge >= 0.3 is 5.97 Å². The minimum atomic E-state index is -1.28. The van der Waals surface area contributed by atoms with Crippen molar-refractivity contribution in [1.29, 1.82) is 0 Å². The molecule has 3 saturated heterocycles. The van der Waals surface area contributed by atoms with Gasteiger partial charge in [-0.25, -0.2) is 0 Å². The number of allylic oxidation sites excluding steroid dienone is 1. The maximum atomic E-state index is 14.8. The highest BCUT2D eigenvalue weighted by molar-refractivity contribution is 6.05. The molecule has 3 aliphatic heterocycles. The molecule has 2 aromatic rings. The lowest BCUT2D eigenvalue weighted by molar-refractivity contribution is -0.165. The lowest BCUT2D eigenvalue weighted by atomic mass is 9.70. The van der Waals surface area contributed by atoms with Crippen molar-refractivity contribution in [3.63, 3.8) is 0 Å². The third-order valence-corrected chi connectivity index (χ3v) is 10.6. The van der Waals surface area contributed by atoms with Crippen LogP contribution >= 0.6 is 0 Å². The van der Waals surface area contributed by atoms with E-state index in [1.165, 1.54) is 4.90 Å². The van der Waals surface area contributed by atoms with Crippen molar-refractivity contribution in [3.05, 3.63) is 90.5 Å². The van der Waals surface area contributed by atoms with Crippen LogP contribution in [0.3, 0.4) is 0 Å². The molecule has 1 N–H and O–H groups in total. The van der Waals surface area contributed by atoms with Crippen LogP contribution in [0.25, 0.3) is 0 Å². The molecule has 1 spiro atoms. The first-order valence-electron chi connectivity index (χ1n) is 17.1. The van der Waals surface area contributed by atoms with Gasteiger partial charge in [0.1, 0.15) is 17.7 Å². The second-order valence-electron chi connectivity index (χ2n) is 13.7. The number of hydrogen-bond donors (Lipinski definition) is 1. The van der Waals surface area contributed by atoms with Gasteiger partial charge in [-0.3, -0.25) is 19.2 Å². The molecule has 10 heteroatoms. The van der Waals surface area contributed by atoms with Crippen molar-refractivity contribution in [1.82, 2.24) is 9.80 Å². The summed E-state index contributed by atoms with van der Waals surface area (Å²) in [7, 11) is 1.69. The molecule has 49 heavy (non-hydrogen) atoms. The van der Waals surface area contributed by atoms with Gasteiger partial charge in [-0.1, -0.05) is 60.7 Å². The molecule has 3 amide bonds. The summed E-state index contributed by atoms with van der Waals surface area (Å²) in [5, 5.41) is 10.3. The molecular formula is C39H49N3O7. The standard InChI is InChI=1S/C39H49N3O7/c1-8-10-19-30(44)40(7)27(6)34(28-17-12-11-13-18-28)48-38(47)31-29-20-21-39(49-29)32(31)36(45)42(26(5)23-43)35(39)37(46)41(22-9-2)33-24(3)15-14-16-25(33)4/h8-9,11-18,26-27,29,31-32,34-35,43H,1-2,10,19-23H2,3-7H3/t26-,27-,29+,31-,32-,34+,35+,39-/m1/s1. The van der Waals surface area contributed by atoms with Crippen LogP contribution in [0.1, 0.15) is 62.3 Å². The highest BCUT2D eigenvalue weighted by atomic mass is 16.6. The Balaban J connectivity index is 1.51. The molecule has 262 valence electrons. The minimum Gasteiger partial charge on any atom is -0.455 e. The molecule has 0 unspecified atom stereocenters. The van der Waals surface area contributed by atoms with E-state index in [-0.39, 0.29) is 31.4 Å². The number of aryl methyl sites for hydroxylation is 2. The smallest absolute Gasteiger partial charge is 0.313 e. The SMILES string of the molecule is C=CCCC(=O)N(C)[C@H](C)[C@H](OC(=O)[C@@H]1[C@@H]2CC[C@]3(O2)[C@H](C(=O)N(CC=C)c2c(C)cccc2C)N([C@H](C)CO)C(=O)[C@@H]13)c1ccccc1. The average molecular weight is 672 g/mol. The Morgan fingerprint density at radius 1 is 1.08 bits per heavy atom. The number of nitrogens with zero attached hydrogens (tertiary/aromatic N) is 3. The summed E-state index contributed by atoms with van der Waals surface area (Å²) in [4.78, 5) is 61.4. The van der Waals surface area contributed by atoms with E-state index in [9.17, 15) is 24.3 Å². The summed E-state index contributed by atoms with van der Waals surface area (Å²) in [5.74, 6) is -3.44. The second kappa shape index (κ2) is 14.7. The average Bonchev–Trinajstić information content (AvgIpc) is 3.75. The largest absolute Gasteiger partial charge is 0.455 e. The Morgan fingerprint density at radius 3 is 2.37 bits per heavy atom. The van der Waals surface area contributed by atoms with E-state index in [4.69, 9.17) is 9.47 Å². The molecule has 0 aromatic heterocycles. The zero-order chi connectivity index (χ0) is 35.6. The fraction of sp³-hybridized carbons (Fsp3) is 0.487. The highest BCUT2D eigenvalue weighted by Crippen LogP contribution is 2.59. The van der Waals surface area contributed by atoms with E-state index in [0.717, 1.165) is 16.8 Å². The third-order valence-electron chi connectivity index (χ3n) is 10.6. The summed E-state index contributed by atoms with van der Waals surface area (Å²) >= 11 is 0. The highest BCUT2D eigenvalue weighted by Gasteiger charge is 2.75. The van der Waals surface area contributed by atoms with Gasteiger partial charge in [0, 0.05) is 25.7 Å². The molecule has 8 atom stereocenters. The van der Waals surface area contributed by atoms with Crippen molar-refractivity contribution in [2.45, 2.75) is 89.3 Å². The Bertz CT molecular complexity index is 1570. The zero-order valence-corrected chi connectivity index (χ0v) is 29.2. The fourth-order valence-electron chi connectivity index (χ4n) is 8.12. The number of amides is 3. The van der Waals surface area contributed by atoms with E-state index in [2.05, 4.69) is 13.2 Å². The second-order valence-corrected chi connectivity index (χ2v) is 13.7. The zero-order valence-electron chi connectivity index (χ0n) is 29.2. The number of carbonyl (C=O) groups excluding carboxylic acids is 4. The van der Waals surface area contributed by atoms with Gasteiger partial charge in [0.05, 0.1) is 36.6 Å². The number of carbonyl (C=O) groups is 4. The van der Waals surface area contributed by atoms with Crippen molar-refractivity contribution >= 4 is 29.4 Å². The number of ether oxygens (including phenoxy) is 2. The molecule has 3 heterocycles. The predicted molar refractivity (Wildman–Crippen MR) is 186 cm³/mol. The van der Waals surface area contributed by atoms with Gasteiger partial charge in [0.15, 0.2) is 0 Å². The first-order chi connectivity index (χ1) is 23.4. The molecule has 2 aromatic carbocycles. The molecule has 10 nitrogen and oxygen atoms in total. The van der Waals surface area contributed by atoms with Crippen molar-refractivity contribution in [2.24, 2.45) is 11.8 Å². The number of esters is 1. The van der Waals surface area contributed by atoms with Crippen molar-refractivity contribution in [3.8, 4) is 0 Å². The number of likely N-dealkylation sites (tertiary alicyclic amines) is 1. The number of aliphatic hydroxyl groups excluding tert-OH is 1. The van der Waals surface area contributed by atoms with Crippen LogP contribution in [0, 0.1) is 25.7 Å². The topological polar surface area (TPSA) is 117 Å². The van der Waals surface area contributed by atoms with Gasteiger partial charge in [0.2, 0.25) is 11.8 Å². The number of fused-ring (bicyclic) bond motifs is 1. The minimum absolute atomic E-state index is 0.111. The van der Waals surface area contributed by atoms with Crippen LogP contribution in [-0.2, 0) is 28.7 Å². The number of aliphatic hydroxyl groups is 1. The first-order valence-corrected chi connectivity index (χ1v) is 17.1. The molecule has 3 aliphatic rings. The molecule has 2 bridgehead atoms. The van der Waals surface area contributed by atoms with Crippen LogP contribution in [0.2, 0.25) is 0 Å². The first kappa shape index (κ1) is 36.0. The van der Waals surface area contributed by atoms with E-state index < -0.39 is 59.6 Å². The predicted octanol–water partition coefficient (Wildman–Crippen LogP) is 4.68. The van der Waals surface area contributed by atoms with Gasteiger partial charge in [0.25, 0.3) is 5.91 Å².